The van der Waals surface area contributed by atoms with E-state index in [1.807, 2.05) is 51.1 Å². The summed E-state index contributed by atoms with van der Waals surface area (Å²) in [5, 5.41) is 4.49. The van der Waals surface area contributed by atoms with Crippen molar-refractivity contribution in [1.82, 2.24) is 5.16 Å². The Morgan fingerprint density at radius 3 is 2.59 bits per heavy atom. The third kappa shape index (κ3) is 3.17. The fraction of sp³-hybridized carbons (Fsp3) is 0.240. The molecular formula is C25H22N2O5. The number of hydrogen-bond acceptors (Lipinski definition) is 6. The molecule has 5 rings (SSSR count). The fourth-order valence-corrected chi connectivity index (χ4v) is 4.14. The minimum absolute atomic E-state index is 0.0194. The Bertz CT molecular complexity index is 1420. The zero-order chi connectivity index (χ0) is 22.6. The topological polar surface area (TPSA) is 85.8 Å². The van der Waals surface area contributed by atoms with Crippen LogP contribution in [-0.2, 0) is 0 Å². The molecule has 0 N–H and O–H groups in total. The second-order valence-corrected chi connectivity index (χ2v) is 8.29. The smallest absolute Gasteiger partial charge is 0.296 e. The molecule has 1 amide bonds. The molecule has 0 saturated heterocycles. The lowest BCUT2D eigenvalue weighted by atomic mass is 9.98. The molecule has 7 heteroatoms. The van der Waals surface area contributed by atoms with E-state index in [-0.39, 0.29) is 22.9 Å². The minimum Gasteiger partial charge on any atom is -0.491 e. The zero-order valence-corrected chi connectivity index (χ0v) is 18.2. The van der Waals surface area contributed by atoms with Gasteiger partial charge in [-0.3, -0.25) is 14.5 Å². The van der Waals surface area contributed by atoms with E-state index in [0.717, 1.165) is 11.1 Å². The lowest BCUT2D eigenvalue weighted by Gasteiger charge is -2.23. The largest absolute Gasteiger partial charge is 0.491 e. The number of ether oxygens (including phenoxy) is 1. The van der Waals surface area contributed by atoms with Crippen LogP contribution in [0.4, 0.5) is 5.82 Å². The highest BCUT2D eigenvalue weighted by Gasteiger charge is 2.45. The van der Waals surface area contributed by atoms with Crippen LogP contribution in [0.5, 0.6) is 5.75 Å². The van der Waals surface area contributed by atoms with E-state index >= 15 is 0 Å². The van der Waals surface area contributed by atoms with Crippen molar-refractivity contribution in [2.75, 3.05) is 4.90 Å². The molecule has 162 valence electrons. The van der Waals surface area contributed by atoms with Gasteiger partial charge in [0.05, 0.1) is 23.1 Å². The van der Waals surface area contributed by atoms with Crippen LogP contribution < -0.4 is 15.1 Å². The second kappa shape index (κ2) is 7.37. The molecule has 2 aromatic heterocycles. The first-order chi connectivity index (χ1) is 15.3. The number of fused-ring (bicyclic) bond motifs is 2. The van der Waals surface area contributed by atoms with Gasteiger partial charge in [-0.15, -0.1) is 0 Å². The molecule has 0 unspecified atom stereocenters. The standard InChI is InChI=1S/C25H22N2O5/c1-13(2)30-17-7-5-6-16(12-17)22-21-23(28)18-10-14(3)8-9-19(18)31-24(21)25(29)27(22)20-11-15(4)32-26-20/h5-13,22H,1-4H3/t22-/m0/s1. The predicted molar refractivity (Wildman–Crippen MR) is 119 cm³/mol. The van der Waals surface area contributed by atoms with Crippen molar-refractivity contribution < 1.29 is 18.5 Å². The molecule has 32 heavy (non-hydrogen) atoms. The third-order valence-corrected chi connectivity index (χ3v) is 5.43. The van der Waals surface area contributed by atoms with Gasteiger partial charge >= 0.3 is 0 Å². The first-order valence-electron chi connectivity index (χ1n) is 10.4. The highest BCUT2D eigenvalue weighted by Crippen LogP contribution is 2.41. The molecule has 2 aromatic carbocycles. The summed E-state index contributed by atoms with van der Waals surface area (Å²) >= 11 is 0. The summed E-state index contributed by atoms with van der Waals surface area (Å²) in [6.45, 7) is 7.53. The molecule has 1 aliphatic rings. The Morgan fingerprint density at radius 1 is 1.06 bits per heavy atom. The molecule has 0 bridgehead atoms. The average molecular weight is 430 g/mol. The van der Waals surface area contributed by atoms with E-state index in [0.29, 0.717) is 28.3 Å². The Morgan fingerprint density at radius 2 is 1.88 bits per heavy atom. The number of benzene rings is 2. The number of nitrogens with zero attached hydrogens (tertiary/aromatic N) is 2. The van der Waals surface area contributed by atoms with Gasteiger partial charge in [-0.2, -0.15) is 0 Å². The quantitative estimate of drug-likeness (QED) is 0.456. The lowest BCUT2D eigenvalue weighted by Crippen LogP contribution is -2.29. The Kier molecular flexibility index (Phi) is 4.62. The Labute approximate surface area is 184 Å². The predicted octanol–water partition coefficient (Wildman–Crippen LogP) is 4.93. The van der Waals surface area contributed by atoms with Gasteiger partial charge in [-0.1, -0.05) is 28.9 Å². The summed E-state index contributed by atoms with van der Waals surface area (Å²) in [7, 11) is 0. The molecule has 0 spiro atoms. The molecule has 0 saturated carbocycles. The monoisotopic (exact) mass is 430 g/mol. The van der Waals surface area contributed by atoms with E-state index in [1.54, 1.807) is 25.1 Å². The van der Waals surface area contributed by atoms with Gasteiger partial charge in [-0.05, 0) is 57.5 Å². The number of aryl methyl sites for hydroxylation is 2. The molecule has 0 radical (unpaired) electrons. The Balaban J connectivity index is 1.78. The summed E-state index contributed by atoms with van der Waals surface area (Å²) in [4.78, 5) is 28.6. The van der Waals surface area contributed by atoms with Crippen LogP contribution in [0.1, 0.15) is 52.9 Å². The molecule has 1 aliphatic heterocycles. The normalized spacial score (nSPS) is 15.6. The van der Waals surface area contributed by atoms with Crippen molar-refractivity contribution in [2.45, 2.75) is 39.8 Å². The average Bonchev–Trinajstić information content (AvgIpc) is 3.29. The third-order valence-electron chi connectivity index (χ3n) is 5.43. The maximum atomic E-state index is 13.6. The molecule has 7 nitrogen and oxygen atoms in total. The van der Waals surface area contributed by atoms with Gasteiger partial charge in [0.25, 0.3) is 5.91 Å². The second-order valence-electron chi connectivity index (χ2n) is 8.29. The minimum atomic E-state index is -0.723. The number of carbonyl (C=O) groups is 1. The highest BCUT2D eigenvalue weighted by molar-refractivity contribution is 6.10. The van der Waals surface area contributed by atoms with Crippen molar-refractivity contribution >= 4 is 22.7 Å². The van der Waals surface area contributed by atoms with E-state index in [4.69, 9.17) is 13.7 Å². The van der Waals surface area contributed by atoms with Crippen molar-refractivity contribution in [3.8, 4) is 5.75 Å². The summed E-state index contributed by atoms with van der Waals surface area (Å²) < 4.78 is 17.1. The molecule has 0 fully saturated rings. The number of anilines is 1. The van der Waals surface area contributed by atoms with Crippen molar-refractivity contribution in [3.63, 3.8) is 0 Å². The van der Waals surface area contributed by atoms with Crippen LogP contribution >= 0.6 is 0 Å². The van der Waals surface area contributed by atoms with Gasteiger partial charge in [0.2, 0.25) is 5.76 Å². The zero-order valence-electron chi connectivity index (χ0n) is 18.2. The van der Waals surface area contributed by atoms with E-state index in [2.05, 4.69) is 5.16 Å². The highest BCUT2D eigenvalue weighted by atomic mass is 16.5. The Hall–Kier alpha value is -3.87. The van der Waals surface area contributed by atoms with E-state index < -0.39 is 11.9 Å². The van der Waals surface area contributed by atoms with E-state index in [9.17, 15) is 9.59 Å². The summed E-state index contributed by atoms with van der Waals surface area (Å²) in [5.41, 5.74) is 2.08. The number of amides is 1. The van der Waals surface area contributed by atoms with Crippen molar-refractivity contribution in [3.05, 3.63) is 87.0 Å². The van der Waals surface area contributed by atoms with Crippen molar-refractivity contribution in [1.29, 1.82) is 0 Å². The first kappa shape index (κ1) is 20.1. The molecule has 0 aliphatic carbocycles. The van der Waals surface area contributed by atoms with Crippen LogP contribution in [0.3, 0.4) is 0 Å². The molecule has 4 aromatic rings. The first-order valence-corrected chi connectivity index (χ1v) is 10.4. The van der Waals surface area contributed by atoms with Gasteiger partial charge in [0.1, 0.15) is 17.1 Å². The summed E-state index contributed by atoms with van der Waals surface area (Å²) in [6, 6.07) is 13.7. The van der Waals surface area contributed by atoms with Crippen LogP contribution in [0, 0.1) is 13.8 Å². The molecular weight excluding hydrogens is 408 g/mol. The van der Waals surface area contributed by atoms with Crippen LogP contribution in [0.25, 0.3) is 11.0 Å². The maximum Gasteiger partial charge on any atom is 0.296 e. The number of rotatable bonds is 4. The lowest BCUT2D eigenvalue weighted by molar-refractivity contribution is 0.0969. The summed E-state index contributed by atoms with van der Waals surface area (Å²) in [6.07, 6.45) is -0.0194. The van der Waals surface area contributed by atoms with Crippen LogP contribution in [0.15, 0.2) is 62.3 Å². The fourth-order valence-electron chi connectivity index (χ4n) is 4.14. The van der Waals surface area contributed by atoms with Gasteiger partial charge in [0.15, 0.2) is 11.2 Å². The van der Waals surface area contributed by atoms with E-state index in [1.165, 1.54) is 4.90 Å². The number of hydrogen-bond donors (Lipinski definition) is 0. The van der Waals surface area contributed by atoms with Crippen LogP contribution in [0.2, 0.25) is 0 Å². The SMILES string of the molecule is Cc1ccc2oc3c(c(=O)c2c1)[C@H](c1cccc(OC(C)C)c1)N(c1cc(C)on1)C3=O. The molecule has 3 heterocycles. The van der Waals surface area contributed by atoms with Gasteiger partial charge in [0, 0.05) is 6.07 Å². The number of aromatic nitrogens is 1. The van der Waals surface area contributed by atoms with Crippen molar-refractivity contribution in [2.24, 2.45) is 0 Å². The maximum absolute atomic E-state index is 13.6. The summed E-state index contributed by atoms with van der Waals surface area (Å²) in [5.74, 6) is 1.11. The number of carbonyl (C=O) groups excluding carboxylic acids is 1. The molecule has 1 atom stereocenters. The van der Waals surface area contributed by atoms with Crippen LogP contribution in [-0.4, -0.2) is 17.2 Å². The van der Waals surface area contributed by atoms with Gasteiger partial charge in [-0.25, -0.2) is 0 Å². The van der Waals surface area contributed by atoms with Gasteiger partial charge < -0.3 is 13.7 Å².